The van der Waals surface area contributed by atoms with Crippen LogP contribution < -0.4 is 10.6 Å². The van der Waals surface area contributed by atoms with Gasteiger partial charge in [-0.2, -0.15) is 0 Å². The molecule has 1 saturated carbocycles. The summed E-state index contributed by atoms with van der Waals surface area (Å²) in [6.45, 7) is 2.27. The molecule has 0 saturated heterocycles. The Morgan fingerprint density at radius 3 is 2.46 bits per heavy atom. The van der Waals surface area contributed by atoms with Gasteiger partial charge in [0.05, 0.1) is 6.04 Å². The summed E-state index contributed by atoms with van der Waals surface area (Å²) in [7, 11) is 3.50. The van der Waals surface area contributed by atoms with Crippen molar-refractivity contribution < 1.29 is 4.79 Å². The molecule has 0 aromatic heterocycles. The van der Waals surface area contributed by atoms with Crippen LogP contribution in [0, 0.1) is 0 Å². The SMILES string of the molecule is CC(NC(=NCC(=O)N(C)C)NC1CCCC1)c1ccccc1.I. The van der Waals surface area contributed by atoms with Gasteiger partial charge in [-0.3, -0.25) is 4.79 Å². The number of likely N-dealkylation sites (N-methyl/N-ethyl adjacent to an activating group) is 1. The van der Waals surface area contributed by atoms with Gasteiger partial charge in [0, 0.05) is 20.1 Å². The lowest BCUT2D eigenvalue weighted by atomic mass is 10.1. The van der Waals surface area contributed by atoms with Crippen molar-refractivity contribution in [3.05, 3.63) is 35.9 Å². The van der Waals surface area contributed by atoms with Gasteiger partial charge in [-0.05, 0) is 25.3 Å². The van der Waals surface area contributed by atoms with Gasteiger partial charge in [0.2, 0.25) is 5.91 Å². The van der Waals surface area contributed by atoms with E-state index in [9.17, 15) is 4.79 Å². The van der Waals surface area contributed by atoms with E-state index in [-0.39, 0.29) is 42.5 Å². The molecule has 1 unspecified atom stereocenters. The lowest BCUT2D eigenvalue weighted by molar-refractivity contribution is -0.127. The lowest BCUT2D eigenvalue weighted by Crippen LogP contribution is -2.44. The highest BCUT2D eigenvalue weighted by atomic mass is 127. The van der Waals surface area contributed by atoms with Crippen LogP contribution in [0.1, 0.15) is 44.2 Å². The largest absolute Gasteiger partial charge is 0.354 e. The number of nitrogens with zero attached hydrogens (tertiary/aromatic N) is 2. The highest BCUT2D eigenvalue weighted by Crippen LogP contribution is 2.18. The third-order valence-corrected chi connectivity index (χ3v) is 4.22. The zero-order valence-electron chi connectivity index (χ0n) is 14.8. The van der Waals surface area contributed by atoms with Crippen molar-refractivity contribution >= 4 is 35.8 Å². The maximum absolute atomic E-state index is 11.8. The summed E-state index contributed by atoms with van der Waals surface area (Å²) in [5.41, 5.74) is 1.20. The topological polar surface area (TPSA) is 56.7 Å². The predicted octanol–water partition coefficient (Wildman–Crippen LogP) is 2.93. The molecule has 1 amide bonds. The van der Waals surface area contributed by atoms with Crippen LogP contribution in [0.3, 0.4) is 0 Å². The molecule has 5 nitrogen and oxygen atoms in total. The first-order valence-corrected chi connectivity index (χ1v) is 8.39. The van der Waals surface area contributed by atoms with E-state index in [1.165, 1.54) is 31.2 Å². The molecule has 6 heteroatoms. The van der Waals surface area contributed by atoms with Crippen molar-refractivity contribution in [1.82, 2.24) is 15.5 Å². The van der Waals surface area contributed by atoms with E-state index in [0.29, 0.717) is 6.04 Å². The number of carbonyl (C=O) groups is 1. The number of benzene rings is 1. The first-order chi connectivity index (χ1) is 11.1. The fourth-order valence-electron chi connectivity index (χ4n) is 2.71. The molecule has 1 aromatic carbocycles. The standard InChI is InChI=1S/C18H28N4O.HI/c1-14(15-9-5-4-6-10-15)20-18(19-13-17(23)22(2)3)21-16-11-7-8-12-16;/h4-6,9-10,14,16H,7-8,11-13H2,1-3H3,(H2,19,20,21);1H. The molecule has 1 aliphatic carbocycles. The van der Waals surface area contributed by atoms with Crippen LogP contribution in [0.4, 0.5) is 0 Å². The third kappa shape index (κ3) is 6.67. The summed E-state index contributed by atoms with van der Waals surface area (Å²) in [4.78, 5) is 17.8. The van der Waals surface area contributed by atoms with E-state index in [1.54, 1.807) is 19.0 Å². The van der Waals surface area contributed by atoms with Crippen LogP contribution in [0.25, 0.3) is 0 Å². The fraction of sp³-hybridized carbons (Fsp3) is 0.556. The number of aliphatic imine (C=N–C) groups is 1. The van der Waals surface area contributed by atoms with Gasteiger partial charge in [0.15, 0.2) is 5.96 Å². The third-order valence-electron chi connectivity index (χ3n) is 4.22. The molecule has 134 valence electrons. The summed E-state index contributed by atoms with van der Waals surface area (Å²) in [6, 6.07) is 10.9. The maximum Gasteiger partial charge on any atom is 0.243 e. The Morgan fingerprint density at radius 1 is 1.25 bits per heavy atom. The Hall–Kier alpha value is -1.31. The van der Waals surface area contributed by atoms with Gasteiger partial charge < -0.3 is 15.5 Å². The summed E-state index contributed by atoms with van der Waals surface area (Å²) >= 11 is 0. The van der Waals surface area contributed by atoms with Gasteiger partial charge in [-0.25, -0.2) is 4.99 Å². The molecule has 2 N–H and O–H groups in total. The summed E-state index contributed by atoms with van der Waals surface area (Å²) < 4.78 is 0. The average Bonchev–Trinajstić information content (AvgIpc) is 3.05. The molecule has 0 spiro atoms. The number of carbonyl (C=O) groups excluding carboxylic acids is 1. The van der Waals surface area contributed by atoms with Gasteiger partial charge in [0.25, 0.3) is 0 Å². The zero-order chi connectivity index (χ0) is 16.7. The van der Waals surface area contributed by atoms with E-state index in [1.807, 2.05) is 18.2 Å². The normalized spacial score (nSPS) is 16.2. The van der Waals surface area contributed by atoms with Crippen LogP contribution >= 0.6 is 24.0 Å². The van der Waals surface area contributed by atoms with Crippen molar-refractivity contribution in [2.24, 2.45) is 4.99 Å². The molecule has 1 atom stereocenters. The zero-order valence-corrected chi connectivity index (χ0v) is 17.1. The quantitative estimate of drug-likeness (QED) is 0.417. The van der Waals surface area contributed by atoms with Crippen molar-refractivity contribution in [2.75, 3.05) is 20.6 Å². The molecule has 1 aromatic rings. The first kappa shape index (κ1) is 20.7. The van der Waals surface area contributed by atoms with E-state index < -0.39 is 0 Å². The van der Waals surface area contributed by atoms with Crippen LogP contribution in [0.2, 0.25) is 0 Å². The number of rotatable bonds is 5. The minimum Gasteiger partial charge on any atom is -0.354 e. The number of hydrogen-bond donors (Lipinski definition) is 2. The lowest BCUT2D eigenvalue weighted by Gasteiger charge is -2.22. The second-order valence-corrected chi connectivity index (χ2v) is 6.36. The molecule has 0 radical (unpaired) electrons. The summed E-state index contributed by atoms with van der Waals surface area (Å²) in [5.74, 6) is 0.730. The van der Waals surface area contributed by atoms with Crippen LogP contribution in [-0.2, 0) is 4.79 Å². The van der Waals surface area contributed by atoms with Crippen molar-refractivity contribution in [2.45, 2.75) is 44.7 Å². The van der Waals surface area contributed by atoms with Gasteiger partial charge in [-0.1, -0.05) is 43.2 Å². The van der Waals surface area contributed by atoms with Crippen LogP contribution in [0.5, 0.6) is 0 Å². The smallest absolute Gasteiger partial charge is 0.243 e. The van der Waals surface area contributed by atoms with Crippen molar-refractivity contribution in [3.8, 4) is 0 Å². The van der Waals surface area contributed by atoms with Gasteiger partial charge in [0.1, 0.15) is 6.54 Å². The fourth-order valence-corrected chi connectivity index (χ4v) is 2.71. The molecule has 1 fully saturated rings. The Balaban J connectivity index is 0.00000288. The number of hydrogen-bond acceptors (Lipinski definition) is 2. The minimum atomic E-state index is 0. The van der Waals surface area contributed by atoms with Gasteiger partial charge in [-0.15, -0.1) is 24.0 Å². The Morgan fingerprint density at radius 2 is 1.88 bits per heavy atom. The van der Waals surface area contributed by atoms with E-state index >= 15 is 0 Å². The summed E-state index contributed by atoms with van der Waals surface area (Å²) in [6.07, 6.45) is 4.86. The Labute approximate surface area is 162 Å². The van der Waals surface area contributed by atoms with E-state index in [2.05, 4.69) is 34.7 Å². The molecular weight excluding hydrogens is 415 g/mol. The van der Waals surface area contributed by atoms with Crippen molar-refractivity contribution in [3.63, 3.8) is 0 Å². The number of nitrogens with one attached hydrogen (secondary N) is 2. The molecular formula is C18H29IN4O. The molecule has 0 heterocycles. The maximum atomic E-state index is 11.8. The van der Waals surface area contributed by atoms with Crippen molar-refractivity contribution in [1.29, 1.82) is 0 Å². The number of guanidine groups is 1. The monoisotopic (exact) mass is 444 g/mol. The second kappa shape index (κ2) is 10.5. The molecule has 0 bridgehead atoms. The second-order valence-electron chi connectivity index (χ2n) is 6.36. The Kier molecular flexibility index (Phi) is 9.10. The predicted molar refractivity (Wildman–Crippen MR) is 110 cm³/mol. The van der Waals surface area contributed by atoms with E-state index in [4.69, 9.17) is 0 Å². The minimum absolute atomic E-state index is 0. The first-order valence-electron chi connectivity index (χ1n) is 8.39. The average molecular weight is 444 g/mol. The highest BCUT2D eigenvalue weighted by Gasteiger charge is 2.17. The van der Waals surface area contributed by atoms with Crippen LogP contribution in [0.15, 0.2) is 35.3 Å². The van der Waals surface area contributed by atoms with Crippen LogP contribution in [-0.4, -0.2) is 43.4 Å². The summed E-state index contributed by atoms with van der Waals surface area (Å²) in [5, 5.41) is 6.90. The highest BCUT2D eigenvalue weighted by molar-refractivity contribution is 14.0. The molecule has 24 heavy (non-hydrogen) atoms. The molecule has 0 aliphatic heterocycles. The molecule has 1 aliphatic rings. The number of halogens is 1. The molecule has 2 rings (SSSR count). The van der Waals surface area contributed by atoms with Gasteiger partial charge >= 0.3 is 0 Å². The van der Waals surface area contributed by atoms with E-state index in [0.717, 1.165) is 5.96 Å². The Bertz CT molecular complexity index is 527. The number of amides is 1.